The van der Waals surface area contributed by atoms with Gasteiger partial charge in [0.2, 0.25) is 0 Å². The van der Waals surface area contributed by atoms with Crippen molar-refractivity contribution in [3.8, 4) is 0 Å². The number of esters is 1. The van der Waals surface area contributed by atoms with E-state index in [1.807, 2.05) is 0 Å². The molecule has 0 saturated heterocycles. The minimum Gasteiger partial charge on any atom is -0.459 e. The Morgan fingerprint density at radius 2 is 1.50 bits per heavy atom. The molecule has 4 saturated carbocycles. The van der Waals surface area contributed by atoms with Gasteiger partial charge in [-0.05, 0) is 62.7 Å². The zero-order chi connectivity index (χ0) is 10.6. The Bertz CT molecular complexity index is 267. The predicted octanol–water partition coefficient (Wildman–Crippen LogP) is 3.40. The van der Waals surface area contributed by atoms with Crippen LogP contribution in [0.4, 0.5) is 0 Å². The molecule has 0 spiro atoms. The molecular weight excluding hydrogens is 200 g/mol. The van der Waals surface area contributed by atoms with Gasteiger partial charge in [0.25, 0.3) is 0 Å². The molecule has 4 rings (SSSR count). The summed E-state index contributed by atoms with van der Waals surface area (Å²) in [4.78, 5) is 11.2. The van der Waals surface area contributed by atoms with Gasteiger partial charge in [0.15, 0.2) is 0 Å². The van der Waals surface area contributed by atoms with Gasteiger partial charge in [-0.25, -0.2) is 0 Å². The van der Waals surface area contributed by atoms with Crippen molar-refractivity contribution in [3.63, 3.8) is 0 Å². The normalized spacial score (nSPS) is 48.6. The van der Waals surface area contributed by atoms with Crippen molar-refractivity contribution >= 4 is 5.97 Å². The number of hydrogen-bond acceptors (Lipinski definition) is 2. The van der Waals surface area contributed by atoms with Crippen molar-refractivity contribution in [1.29, 1.82) is 0 Å². The molecule has 0 aliphatic heterocycles. The van der Waals surface area contributed by atoms with Gasteiger partial charge in [0, 0.05) is 6.92 Å². The van der Waals surface area contributed by atoms with Crippen LogP contribution >= 0.6 is 0 Å². The van der Waals surface area contributed by atoms with E-state index in [-0.39, 0.29) is 19.0 Å². The molecule has 0 N–H and O–H groups in total. The van der Waals surface area contributed by atoms with Crippen molar-refractivity contribution in [1.82, 2.24) is 0 Å². The third-order valence-electron chi connectivity index (χ3n) is 5.12. The lowest BCUT2D eigenvalue weighted by molar-refractivity contribution is -0.201. The SMILES string of the molecule is C.CC(=O)OC1(C)C2CC3CC(C2)CC1C3. The fraction of sp³-hybridized carbons (Fsp3) is 0.929. The van der Waals surface area contributed by atoms with Gasteiger partial charge in [-0.1, -0.05) is 7.43 Å². The second-order valence-electron chi connectivity index (χ2n) is 6.08. The van der Waals surface area contributed by atoms with Crippen LogP contribution in [-0.2, 0) is 9.53 Å². The Morgan fingerprint density at radius 1 is 1.06 bits per heavy atom. The van der Waals surface area contributed by atoms with Crippen molar-refractivity contribution in [2.75, 3.05) is 0 Å². The molecule has 0 aromatic heterocycles. The highest BCUT2D eigenvalue weighted by atomic mass is 16.6. The highest BCUT2D eigenvalue weighted by Gasteiger charge is 2.56. The van der Waals surface area contributed by atoms with E-state index in [0.717, 1.165) is 11.8 Å². The molecule has 0 aromatic rings. The van der Waals surface area contributed by atoms with Gasteiger partial charge < -0.3 is 4.74 Å². The zero-order valence-corrected chi connectivity index (χ0v) is 9.66. The highest BCUT2D eigenvalue weighted by molar-refractivity contribution is 5.66. The third-order valence-corrected chi connectivity index (χ3v) is 5.12. The summed E-state index contributed by atoms with van der Waals surface area (Å²) in [5.74, 6) is 3.09. The van der Waals surface area contributed by atoms with E-state index in [0.29, 0.717) is 11.8 Å². The largest absolute Gasteiger partial charge is 0.459 e. The van der Waals surface area contributed by atoms with E-state index in [1.165, 1.54) is 32.1 Å². The van der Waals surface area contributed by atoms with Crippen LogP contribution in [0.25, 0.3) is 0 Å². The minimum absolute atomic E-state index is 0. The summed E-state index contributed by atoms with van der Waals surface area (Å²) in [6.45, 7) is 3.73. The van der Waals surface area contributed by atoms with E-state index in [1.54, 1.807) is 6.92 Å². The van der Waals surface area contributed by atoms with Crippen molar-refractivity contribution in [2.24, 2.45) is 23.7 Å². The summed E-state index contributed by atoms with van der Waals surface area (Å²) in [6, 6.07) is 0. The molecule has 0 amide bonds. The minimum atomic E-state index is -0.126. The van der Waals surface area contributed by atoms with Gasteiger partial charge >= 0.3 is 5.97 Å². The predicted molar refractivity (Wildman–Crippen MR) is 63.9 cm³/mol. The lowest BCUT2D eigenvalue weighted by Crippen LogP contribution is -2.57. The highest BCUT2D eigenvalue weighted by Crippen LogP contribution is 2.59. The first kappa shape index (κ1) is 11.9. The van der Waals surface area contributed by atoms with Crippen LogP contribution in [0.1, 0.15) is 53.4 Å². The Kier molecular flexibility index (Phi) is 2.80. The summed E-state index contributed by atoms with van der Waals surface area (Å²) in [7, 11) is 0. The monoisotopic (exact) mass is 224 g/mol. The third kappa shape index (κ3) is 1.57. The molecule has 0 unspecified atom stereocenters. The molecule has 0 heterocycles. The second kappa shape index (κ2) is 3.75. The summed E-state index contributed by atoms with van der Waals surface area (Å²) in [6.07, 6.45) is 6.66. The van der Waals surface area contributed by atoms with Crippen LogP contribution < -0.4 is 0 Å². The summed E-state index contributed by atoms with van der Waals surface area (Å²) in [5.41, 5.74) is -0.126. The molecule has 4 bridgehead atoms. The van der Waals surface area contributed by atoms with Crippen molar-refractivity contribution in [3.05, 3.63) is 0 Å². The van der Waals surface area contributed by atoms with E-state index in [2.05, 4.69) is 6.92 Å². The molecule has 4 aliphatic carbocycles. The second-order valence-corrected chi connectivity index (χ2v) is 6.08. The Morgan fingerprint density at radius 3 is 1.88 bits per heavy atom. The topological polar surface area (TPSA) is 26.3 Å². The summed E-state index contributed by atoms with van der Waals surface area (Å²) in [5, 5.41) is 0. The zero-order valence-electron chi connectivity index (χ0n) is 9.66. The van der Waals surface area contributed by atoms with Gasteiger partial charge in [0.05, 0.1) is 0 Å². The van der Waals surface area contributed by atoms with Crippen molar-refractivity contribution in [2.45, 2.75) is 59.0 Å². The molecule has 2 nitrogen and oxygen atoms in total. The number of hydrogen-bond donors (Lipinski definition) is 0. The van der Waals surface area contributed by atoms with Crippen LogP contribution in [0.3, 0.4) is 0 Å². The lowest BCUT2D eigenvalue weighted by atomic mass is 9.50. The first-order valence-corrected chi connectivity index (χ1v) is 6.27. The van der Waals surface area contributed by atoms with E-state index in [4.69, 9.17) is 4.74 Å². The standard InChI is InChI=1S/C13H20O2.CH4/c1-8(14)15-13(2)11-4-9-3-10(6-11)7-12(13)5-9;/h9-12H,3-7H2,1-2H3;1H4. The maximum atomic E-state index is 11.2. The molecule has 0 aromatic carbocycles. The van der Waals surface area contributed by atoms with E-state index in [9.17, 15) is 4.79 Å². The molecule has 2 heteroatoms. The maximum Gasteiger partial charge on any atom is 0.303 e. The molecule has 92 valence electrons. The first-order valence-electron chi connectivity index (χ1n) is 6.27. The van der Waals surface area contributed by atoms with Gasteiger partial charge in [-0.15, -0.1) is 0 Å². The number of carbonyl (C=O) groups is 1. The van der Waals surface area contributed by atoms with E-state index < -0.39 is 0 Å². The van der Waals surface area contributed by atoms with Gasteiger partial charge in [-0.3, -0.25) is 4.79 Å². The molecular formula is C14H24O2. The fourth-order valence-corrected chi connectivity index (χ4v) is 4.60. The van der Waals surface area contributed by atoms with Crippen LogP contribution in [0.5, 0.6) is 0 Å². The van der Waals surface area contributed by atoms with Crippen LogP contribution in [0.2, 0.25) is 0 Å². The van der Waals surface area contributed by atoms with Crippen molar-refractivity contribution < 1.29 is 9.53 Å². The number of carbonyl (C=O) groups excluding carboxylic acids is 1. The smallest absolute Gasteiger partial charge is 0.303 e. The molecule has 0 atom stereocenters. The van der Waals surface area contributed by atoms with Gasteiger partial charge in [0.1, 0.15) is 5.60 Å². The Balaban J connectivity index is 0.000000963. The molecule has 16 heavy (non-hydrogen) atoms. The maximum absolute atomic E-state index is 11.2. The molecule has 4 fully saturated rings. The lowest BCUT2D eigenvalue weighted by Gasteiger charge is -2.58. The van der Waals surface area contributed by atoms with Gasteiger partial charge in [-0.2, -0.15) is 0 Å². The van der Waals surface area contributed by atoms with Crippen LogP contribution in [0.15, 0.2) is 0 Å². The summed E-state index contributed by atoms with van der Waals surface area (Å²) >= 11 is 0. The Labute approximate surface area is 98.7 Å². The van der Waals surface area contributed by atoms with E-state index >= 15 is 0 Å². The van der Waals surface area contributed by atoms with Crippen LogP contribution in [0, 0.1) is 23.7 Å². The molecule has 4 aliphatic rings. The average Bonchev–Trinajstić information content (AvgIpc) is 2.12. The average molecular weight is 224 g/mol. The Hall–Kier alpha value is -0.530. The molecule has 0 radical (unpaired) electrons. The number of rotatable bonds is 1. The number of ether oxygens (including phenoxy) is 1. The van der Waals surface area contributed by atoms with Crippen LogP contribution in [-0.4, -0.2) is 11.6 Å². The quantitative estimate of drug-likeness (QED) is 0.638. The first-order chi connectivity index (χ1) is 7.08. The fourth-order valence-electron chi connectivity index (χ4n) is 4.60. The summed E-state index contributed by atoms with van der Waals surface area (Å²) < 4.78 is 5.68.